The Hall–Kier alpha value is -1.80. The molecule has 100 valence electrons. The van der Waals surface area contributed by atoms with E-state index in [-0.39, 0.29) is 0 Å². The fraction of sp³-hybridized carbons (Fsp3) is 0.294. The lowest BCUT2D eigenvalue weighted by Gasteiger charge is -2.12. The molecule has 0 saturated heterocycles. The second-order valence-corrected chi connectivity index (χ2v) is 4.87. The maximum absolute atomic E-state index is 5.63. The van der Waals surface area contributed by atoms with Crippen LogP contribution in [-0.2, 0) is 6.42 Å². The van der Waals surface area contributed by atoms with E-state index >= 15 is 0 Å². The van der Waals surface area contributed by atoms with Crippen LogP contribution in [0.4, 0.5) is 0 Å². The van der Waals surface area contributed by atoms with Gasteiger partial charge in [-0.2, -0.15) is 0 Å². The third-order valence-corrected chi connectivity index (χ3v) is 3.51. The molecule has 2 aromatic rings. The lowest BCUT2D eigenvalue weighted by molar-refractivity contribution is 0.416. The minimum atomic E-state index is 0.665. The summed E-state index contributed by atoms with van der Waals surface area (Å²) in [5.74, 6) is 0.907. The number of methoxy groups -OCH3 is 1. The number of benzene rings is 2. The smallest absolute Gasteiger partial charge is 0.126 e. The molecule has 0 radical (unpaired) electrons. The Kier molecular flexibility index (Phi) is 4.23. The number of hydrogen-bond acceptors (Lipinski definition) is 2. The first-order valence-electron chi connectivity index (χ1n) is 6.60. The average Bonchev–Trinajstić information content (AvgIpc) is 2.42. The van der Waals surface area contributed by atoms with Gasteiger partial charge in [-0.15, -0.1) is 0 Å². The molecule has 0 saturated carbocycles. The van der Waals surface area contributed by atoms with Crippen molar-refractivity contribution in [2.45, 2.75) is 20.3 Å². The van der Waals surface area contributed by atoms with Crippen molar-refractivity contribution in [3.05, 3.63) is 53.1 Å². The highest BCUT2D eigenvalue weighted by Gasteiger charge is 2.08. The Labute approximate surface area is 115 Å². The van der Waals surface area contributed by atoms with Crippen molar-refractivity contribution < 1.29 is 4.74 Å². The summed E-state index contributed by atoms with van der Waals surface area (Å²) in [5, 5.41) is 0. The van der Waals surface area contributed by atoms with Crippen molar-refractivity contribution in [2.75, 3.05) is 13.7 Å². The summed E-state index contributed by atoms with van der Waals surface area (Å²) in [7, 11) is 1.71. The van der Waals surface area contributed by atoms with E-state index in [4.69, 9.17) is 10.5 Å². The molecular weight excluding hydrogens is 234 g/mol. The zero-order chi connectivity index (χ0) is 13.8. The lowest BCUT2D eigenvalue weighted by atomic mass is 9.97. The van der Waals surface area contributed by atoms with Crippen molar-refractivity contribution >= 4 is 0 Å². The van der Waals surface area contributed by atoms with Crippen LogP contribution >= 0.6 is 0 Å². The first-order chi connectivity index (χ1) is 9.15. The van der Waals surface area contributed by atoms with E-state index in [0.717, 1.165) is 17.7 Å². The van der Waals surface area contributed by atoms with Crippen LogP contribution in [0.1, 0.15) is 16.7 Å². The second-order valence-electron chi connectivity index (χ2n) is 4.87. The van der Waals surface area contributed by atoms with Gasteiger partial charge in [-0.3, -0.25) is 0 Å². The van der Waals surface area contributed by atoms with Crippen LogP contribution in [-0.4, -0.2) is 13.7 Å². The van der Waals surface area contributed by atoms with E-state index in [1.807, 2.05) is 6.07 Å². The van der Waals surface area contributed by atoms with Crippen LogP contribution in [0, 0.1) is 13.8 Å². The predicted molar refractivity (Wildman–Crippen MR) is 80.7 cm³/mol. The van der Waals surface area contributed by atoms with Crippen LogP contribution in [0.15, 0.2) is 36.4 Å². The third kappa shape index (κ3) is 2.96. The molecule has 0 aromatic heterocycles. The van der Waals surface area contributed by atoms with Gasteiger partial charge in [0.15, 0.2) is 0 Å². The Balaban J connectivity index is 2.51. The number of ether oxygens (including phenoxy) is 1. The molecule has 0 spiro atoms. The van der Waals surface area contributed by atoms with E-state index in [1.165, 1.54) is 22.3 Å². The van der Waals surface area contributed by atoms with Gasteiger partial charge in [-0.25, -0.2) is 0 Å². The molecule has 0 atom stereocenters. The lowest BCUT2D eigenvalue weighted by Crippen LogP contribution is -2.03. The number of aryl methyl sites for hydroxylation is 2. The number of hydrogen-bond donors (Lipinski definition) is 1. The molecule has 2 nitrogen and oxygen atoms in total. The van der Waals surface area contributed by atoms with E-state index in [2.05, 4.69) is 44.2 Å². The van der Waals surface area contributed by atoms with Gasteiger partial charge in [0, 0.05) is 5.56 Å². The molecule has 0 aliphatic carbocycles. The van der Waals surface area contributed by atoms with E-state index in [0.29, 0.717) is 6.54 Å². The summed E-state index contributed by atoms with van der Waals surface area (Å²) in [6, 6.07) is 12.8. The first kappa shape index (κ1) is 13.6. The Bertz CT molecular complexity index is 575. The molecule has 19 heavy (non-hydrogen) atoms. The SMILES string of the molecule is COc1ccc(CCN)cc1-c1ccc(C)c(C)c1. The Morgan fingerprint density at radius 1 is 1.00 bits per heavy atom. The van der Waals surface area contributed by atoms with Gasteiger partial charge in [-0.05, 0) is 61.2 Å². The maximum atomic E-state index is 5.63. The quantitative estimate of drug-likeness (QED) is 0.907. The zero-order valence-corrected chi connectivity index (χ0v) is 11.9. The maximum Gasteiger partial charge on any atom is 0.126 e. The third-order valence-electron chi connectivity index (χ3n) is 3.51. The topological polar surface area (TPSA) is 35.2 Å². The van der Waals surface area contributed by atoms with E-state index in [1.54, 1.807) is 7.11 Å². The summed E-state index contributed by atoms with van der Waals surface area (Å²) in [5.41, 5.74) is 11.8. The molecule has 0 amide bonds. The molecule has 0 fully saturated rings. The zero-order valence-electron chi connectivity index (χ0n) is 11.9. The molecule has 0 aliphatic rings. The Morgan fingerprint density at radius 3 is 2.42 bits per heavy atom. The summed E-state index contributed by atoms with van der Waals surface area (Å²) < 4.78 is 5.47. The molecular formula is C17H21NO. The highest BCUT2D eigenvalue weighted by molar-refractivity contribution is 5.72. The van der Waals surface area contributed by atoms with Crippen molar-refractivity contribution in [3.63, 3.8) is 0 Å². The molecule has 0 aliphatic heterocycles. The van der Waals surface area contributed by atoms with Gasteiger partial charge < -0.3 is 10.5 Å². The van der Waals surface area contributed by atoms with Crippen molar-refractivity contribution in [1.82, 2.24) is 0 Å². The standard InChI is InChI=1S/C17H21NO/c1-12-4-6-15(10-13(12)2)16-11-14(8-9-18)5-7-17(16)19-3/h4-7,10-11H,8-9,18H2,1-3H3. The Morgan fingerprint density at radius 2 is 1.79 bits per heavy atom. The summed E-state index contributed by atoms with van der Waals surface area (Å²) in [4.78, 5) is 0. The minimum Gasteiger partial charge on any atom is -0.496 e. The fourth-order valence-electron chi connectivity index (χ4n) is 2.21. The average molecular weight is 255 g/mol. The fourth-order valence-corrected chi connectivity index (χ4v) is 2.21. The molecule has 2 N–H and O–H groups in total. The highest BCUT2D eigenvalue weighted by Crippen LogP contribution is 2.32. The molecule has 0 heterocycles. The minimum absolute atomic E-state index is 0.665. The van der Waals surface area contributed by atoms with Gasteiger partial charge in [0.2, 0.25) is 0 Å². The molecule has 0 unspecified atom stereocenters. The van der Waals surface area contributed by atoms with Gasteiger partial charge in [0.1, 0.15) is 5.75 Å². The van der Waals surface area contributed by atoms with Gasteiger partial charge >= 0.3 is 0 Å². The summed E-state index contributed by atoms with van der Waals surface area (Å²) in [6.07, 6.45) is 0.891. The largest absolute Gasteiger partial charge is 0.496 e. The molecule has 2 rings (SSSR count). The van der Waals surface area contributed by atoms with E-state index < -0.39 is 0 Å². The van der Waals surface area contributed by atoms with E-state index in [9.17, 15) is 0 Å². The van der Waals surface area contributed by atoms with Crippen LogP contribution in [0.3, 0.4) is 0 Å². The molecule has 2 aromatic carbocycles. The van der Waals surface area contributed by atoms with Gasteiger partial charge in [0.25, 0.3) is 0 Å². The van der Waals surface area contributed by atoms with Crippen molar-refractivity contribution in [1.29, 1.82) is 0 Å². The summed E-state index contributed by atoms with van der Waals surface area (Å²) in [6.45, 7) is 4.93. The van der Waals surface area contributed by atoms with Gasteiger partial charge in [0.05, 0.1) is 7.11 Å². The molecule has 2 heteroatoms. The highest BCUT2D eigenvalue weighted by atomic mass is 16.5. The second kappa shape index (κ2) is 5.89. The van der Waals surface area contributed by atoms with Gasteiger partial charge in [-0.1, -0.05) is 24.3 Å². The van der Waals surface area contributed by atoms with Crippen LogP contribution in [0.5, 0.6) is 5.75 Å². The molecule has 0 bridgehead atoms. The summed E-state index contributed by atoms with van der Waals surface area (Å²) >= 11 is 0. The number of nitrogens with two attached hydrogens (primary N) is 1. The predicted octanol–water partition coefficient (Wildman–Crippen LogP) is 3.48. The normalized spacial score (nSPS) is 10.5. The first-order valence-corrected chi connectivity index (χ1v) is 6.60. The van der Waals surface area contributed by atoms with Crippen molar-refractivity contribution in [2.24, 2.45) is 5.73 Å². The monoisotopic (exact) mass is 255 g/mol. The van der Waals surface area contributed by atoms with Crippen LogP contribution in [0.2, 0.25) is 0 Å². The van der Waals surface area contributed by atoms with Crippen LogP contribution in [0.25, 0.3) is 11.1 Å². The number of rotatable bonds is 4. The van der Waals surface area contributed by atoms with Crippen molar-refractivity contribution in [3.8, 4) is 16.9 Å². The van der Waals surface area contributed by atoms with Crippen LogP contribution < -0.4 is 10.5 Å².